The highest BCUT2D eigenvalue weighted by Crippen LogP contribution is 2.29. The Morgan fingerprint density at radius 1 is 1.24 bits per heavy atom. The summed E-state index contributed by atoms with van der Waals surface area (Å²) in [4.78, 5) is 3.20. The van der Waals surface area contributed by atoms with Crippen LogP contribution in [0.15, 0.2) is 18.3 Å². The number of aromatic amines is 1. The molecule has 0 aliphatic rings. The SMILES string of the molecule is Nc1n[nH]c(-c2ccc(C(F)(F)F)nc2)c1F. The minimum absolute atomic E-state index is 0.0938. The average Bonchev–Trinajstić information content (AvgIpc) is 2.59. The number of aromatic nitrogens is 3. The molecule has 0 saturated carbocycles. The van der Waals surface area contributed by atoms with Crippen LogP contribution in [0.4, 0.5) is 23.4 Å². The molecule has 2 aromatic heterocycles. The van der Waals surface area contributed by atoms with Crippen molar-refractivity contribution >= 4 is 5.82 Å². The van der Waals surface area contributed by atoms with E-state index in [1.165, 1.54) is 0 Å². The molecule has 0 spiro atoms. The van der Waals surface area contributed by atoms with E-state index in [1.807, 2.05) is 0 Å². The molecule has 0 atom stereocenters. The molecule has 2 rings (SSSR count). The molecule has 0 saturated heterocycles. The zero-order valence-corrected chi connectivity index (χ0v) is 8.22. The third-order valence-corrected chi connectivity index (χ3v) is 2.08. The highest BCUT2D eigenvalue weighted by Gasteiger charge is 2.32. The summed E-state index contributed by atoms with van der Waals surface area (Å²) in [6.45, 7) is 0. The Kier molecular flexibility index (Phi) is 2.49. The maximum atomic E-state index is 13.3. The zero-order valence-electron chi connectivity index (χ0n) is 8.22. The number of rotatable bonds is 1. The molecule has 0 unspecified atom stereocenters. The van der Waals surface area contributed by atoms with Crippen molar-refractivity contribution in [3.63, 3.8) is 0 Å². The average molecular weight is 246 g/mol. The topological polar surface area (TPSA) is 67.6 Å². The van der Waals surface area contributed by atoms with Crippen LogP contribution in [-0.2, 0) is 6.18 Å². The number of H-pyrrole nitrogens is 1. The molecule has 4 nitrogen and oxygen atoms in total. The summed E-state index contributed by atoms with van der Waals surface area (Å²) in [7, 11) is 0. The predicted molar refractivity (Wildman–Crippen MR) is 51.2 cm³/mol. The summed E-state index contributed by atoms with van der Waals surface area (Å²) in [5.41, 5.74) is 4.16. The van der Waals surface area contributed by atoms with Gasteiger partial charge in [-0.2, -0.15) is 18.3 Å². The third kappa shape index (κ3) is 2.05. The van der Waals surface area contributed by atoms with Crippen LogP contribution in [0.5, 0.6) is 0 Å². The molecule has 2 heterocycles. The first-order valence-electron chi connectivity index (χ1n) is 4.42. The maximum absolute atomic E-state index is 13.3. The van der Waals surface area contributed by atoms with Gasteiger partial charge in [-0.1, -0.05) is 0 Å². The highest BCUT2D eigenvalue weighted by molar-refractivity contribution is 5.62. The quantitative estimate of drug-likeness (QED) is 0.758. The van der Waals surface area contributed by atoms with Crippen molar-refractivity contribution in [2.24, 2.45) is 0 Å². The second-order valence-corrected chi connectivity index (χ2v) is 3.23. The lowest BCUT2D eigenvalue weighted by Crippen LogP contribution is -2.07. The van der Waals surface area contributed by atoms with E-state index in [4.69, 9.17) is 5.73 Å². The summed E-state index contributed by atoms with van der Waals surface area (Å²) in [5, 5.41) is 5.67. The van der Waals surface area contributed by atoms with Gasteiger partial charge < -0.3 is 5.73 Å². The molecule has 0 radical (unpaired) electrons. The molecular weight excluding hydrogens is 240 g/mol. The van der Waals surface area contributed by atoms with Gasteiger partial charge in [-0.3, -0.25) is 10.1 Å². The lowest BCUT2D eigenvalue weighted by atomic mass is 10.2. The number of hydrogen-bond acceptors (Lipinski definition) is 3. The lowest BCUT2D eigenvalue weighted by molar-refractivity contribution is -0.141. The first-order chi connectivity index (χ1) is 7.89. The monoisotopic (exact) mass is 246 g/mol. The summed E-state index contributed by atoms with van der Waals surface area (Å²) in [6, 6.07) is 1.84. The zero-order chi connectivity index (χ0) is 12.6. The maximum Gasteiger partial charge on any atom is 0.433 e. The van der Waals surface area contributed by atoms with Crippen LogP contribution in [0.2, 0.25) is 0 Å². The Bertz CT molecular complexity index is 529. The number of pyridine rings is 1. The van der Waals surface area contributed by atoms with Crippen molar-refractivity contribution in [1.82, 2.24) is 15.2 Å². The van der Waals surface area contributed by atoms with E-state index in [0.717, 1.165) is 18.3 Å². The van der Waals surface area contributed by atoms with Crippen molar-refractivity contribution in [2.45, 2.75) is 6.18 Å². The van der Waals surface area contributed by atoms with Gasteiger partial charge in [0.1, 0.15) is 11.4 Å². The summed E-state index contributed by atoms with van der Waals surface area (Å²) < 4.78 is 50.0. The van der Waals surface area contributed by atoms with Crippen LogP contribution in [0.1, 0.15) is 5.69 Å². The predicted octanol–water partition coefficient (Wildman–Crippen LogP) is 2.21. The number of nitrogen functional groups attached to an aromatic ring is 1. The first kappa shape index (κ1) is 11.4. The molecule has 0 fully saturated rings. The molecule has 0 aliphatic carbocycles. The lowest BCUT2D eigenvalue weighted by Gasteiger charge is -2.05. The van der Waals surface area contributed by atoms with Gasteiger partial charge in [0.25, 0.3) is 0 Å². The van der Waals surface area contributed by atoms with Gasteiger partial charge in [-0.05, 0) is 12.1 Å². The number of halogens is 4. The molecule has 0 aromatic carbocycles. The van der Waals surface area contributed by atoms with Crippen LogP contribution < -0.4 is 5.73 Å². The number of alkyl halides is 3. The number of nitrogens with two attached hydrogens (primary N) is 1. The molecule has 90 valence electrons. The fourth-order valence-electron chi connectivity index (χ4n) is 1.24. The fraction of sp³-hybridized carbons (Fsp3) is 0.111. The molecule has 0 amide bonds. The fourth-order valence-corrected chi connectivity index (χ4v) is 1.24. The van der Waals surface area contributed by atoms with Crippen molar-refractivity contribution in [1.29, 1.82) is 0 Å². The van der Waals surface area contributed by atoms with E-state index in [2.05, 4.69) is 15.2 Å². The van der Waals surface area contributed by atoms with Crippen LogP contribution >= 0.6 is 0 Å². The molecule has 8 heteroatoms. The highest BCUT2D eigenvalue weighted by atomic mass is 19.4. The summed E-state index contributed by atoms with van der Waals surface area (Å²) >= 11 is 0. The number of anilines is 1. The van der Waals surface area contributed by atoms with Crippen molar-refractivity contribution in [2.75, 3.05) is 5.73 Å². The Balaban J connectivity index is 2.40. The van der Waals surface area contributed by atoms with E-state index in [1.54, 1.807) is 0 Å². The van der Waals surface area contributed by atoms with E-state index in [-0.39, 0.29) is 17.1 Å². The smallest absolute Gasteiger partial charge is 0.380 e. The minimum atomic E-state index is -4.52. The standard InChI is InChI=1S/C9H6F4N4/c10-6-7(16-17-8(6)14)4-1-2-5(15-3-4)9(11,12)13/h1-3H,(H3,14,16,17). The molecular formula is C9H6F4N4. The Morgan fingerprint density at radius 2 is 1.94 bits per heavy atom. The van der Waals surface area contributed by atoms with E-state index in [9.17, 15) is 17.6 Å². The first-order valence-corrected chi connectivity index (χ1v) is 4.42. The van der Waals surface area contributed by atoms with Crippen molar-refractivity contribution < 1.29 is 17.6 Å². The summed E-state index contributed by atoms with van der Waals surface area (Å²) in [6.07, 6.45) is -3.62. The van der Waals surface area contributed by atoms with Crippen molar-refractivity contribution in [3.05, 3.63) is 29.8 Å². The van der Waals surface area contributed by atoms with E-state index in [0.29, 0.717) is 0 Å². The number of hydrogen-bond donors (Lipinski definition) is 2. The van der Waals surface area contributed by atoms with Gasteiger partial charge in [0.2, 0.25) is 0 Å². The van der Waals surface area contributed by atoms with Gasteiger partial charge in [0, 0.05) is 11.8 Å². The second kappa shape index (κ2) is 3.72. The van der Waals surface area contributed by atoms with E-state index >= 15 is 0 Å². The summed E-state index contributed by atoms with van der Waals surface area (Å²) in [5.74, 6) is -1.16. The van der Waals surface area contributed by atoms with Crippen LogP contribution in [-0.4, -0.2) is 15.2 Å². The molecule has 0 bridgehead atoms. The number of nitrogens with zero attached hydrogens (tertiary/aromatic N) is 2. The normalized spacial score (nSPS) is 11.8. The minimum Gasteiger partial charge on any atom is -0.380 e. The van der Waals surface area contributed by atoms with Gasteiger partial charge in [0.05, 0.1) is 0 Å². The second-order valence-electron chi connectivity index (χ2n) is 3.23. The number of nitrogens with one attached hydrogen (secondary N) is 1. The molecule has 17 heavy (non-hydrogen) atoms. The van der Waals surface area contributed by atoms with Gasteiger partial charge in [-0.15, -0.1) is 0 Å². The third-order valence-electron chi connectivity index (χ3n) is 2.08. The van der Waals surface area contributed by atoms with Gasteiger partial charge in [-0.25, -0.2) is 4.39 Å². The van der Waals surface area contributed by atoms with Gasteiger partial charge in [0.15, 0.2) is 11.6 Å². The Hall–Kier alpha value is -2.12. The largest absolute Gasteiger partial charge is 0.433 e. The molecule has 3 N–H and O–H groups in total. The van der Waals surface area contributed by atoms with E-state index < -0.39 is 17.7 Å². The van der Waals surface area contributed by atoms with Crippen molar-refractivity contribution in [3.8, 4) is 11.3 Å². The van der Waals surface area contributed by atoms with Gasteiger partial charge >= 0.3 is 6.18 Å². The molecule has 2 aromatic rings. The molecule has 0 aliphatic heterocycles. The van der Waals surface area contributed by atoms with Crippen LogP contribution in [0, 0.1) is 5.82 Å². The Morgan fingerprint density at radius 3 is 2.35 bits per heavy atom. The van der Waals surface area contributed by atoms with Crippen LogP contribution in [0.3, 0.4) is 0 Å². The Labute approximate surface area is 92.5 Å². The van der Waals surface area contributed by atoms with Crippen LogP contribution in [0.25, 0.3) is 11.3 Å².